The van der Waals surface area contributed by atoms with Gasteiger partial charge in [0.25, 0.3) is 5.91 Å². The van der Waals surface area contributed by atoms with Gasteiger partial charge in [-0.05, 0) is 35.9 Å². The van der Waals surface area contributed by atoms with Crippen molar-refractivity contribution in [2.75, 3.05) is 29.4 Å². The lowest BCUT2D eigenvalue weighted by molar-refractivity contribution is -0.114. The number of hydrogen-bond acceptors (Lipinski definition) is 6. The molecule has 33 heavy (non-hydrogen) atoms. The maximum atomic E-state index is 12.6. The van der Waals surface area contributed by atoms with Crippen LogP contribution >= 0.6 is 11.6 Å². The molecule has 0 atom stereocenters. The third-order valence-electron chi connectivity index (χ3n) is 4.70. The summed E-state index contributed by atoms with van der Waals surface area (Å²) in [6.45, 7) is 1.10. The number of rotatable bonds is 6. The van der Waals surface area contributed by atoms with Crippen molar-refractivity contribution in [2.24, 2.45) is 4.99 Å². The number of carbonyl (C=O) groups is 2. The topological polar surface area (TPSA) is 120 Å². The largest absolute Gasteiger partial charge is 0.418 e. The van der Waals surface area contributed by atoms with E-state index in [1.54, 1.807) is 40.1 Å². The van der Waals surface area contributed by atoms with Gasteiger partial charge >= 0.3 is 12.1 Å². The Labute approximate surface area is 195 Å². The molecule has 10 nitrogen and oxygen atoms in total. The molecule has 0 saturated heterocycles. The molecule has 0 radical (unpaired) electrons. The van der Waals surface area contributed by atoms with Gasteiger partial charge < -0.3 is 15.0 Å². The van der Waals surface area contributed by atoms with Crippen LogP contribution in [0, 0.1) is 0 Å². The standard InChI is InChI=1S/C21H20ClN5O5S/c1-33(30,31)25-17-7-3-6-16(11-17)23-19(28)18-13-27-9-8-26(20(29)24-21(27)32-18)12-14-4-2-5-15(22)10-14/h2-7,10-11,13,25H,8-9,12H2,1H3,(H,23,28). The molecule has 2 aliphatic rings. The third-order valence-corrected chi connectivity index (χ3v) is 5.54. The first-order valence-electron chi connectivity index (χ1n) is 9.84. The monoisotopic (exact) mass is 489 g/mol. The molecule has 3 amide bonds. The lowest BCUT2D eigenvalue weighted by Gasteiger charge is -2.19. The van der Waals surface area contributed by atoms with Crippen LogP contribution in [0.2, 0.25) is 5.02 Å². The summed E-state index contributed by atoms with van der Waals surface area (Å²) >= 11 is 6.01. The van der Waals surface area contributed by atoms with Gasteiger partial charge in [0.15, 0.2) is 0 Å². The smallest absolute Gasteiger partial charge is 0.348 e. The van der Waals surface area contributed by atoms with Crippen LogP contribution in [0.25, 0.3) is 0 Å². The number of amides is 3. The highest BCUT2D eigenvalue weighted by Gasteiger charge is 2.31. The predicted octanol–water partition coefficient (Wildman–Crippen LogP) is 2.82. The summed E-state index contributed by atoms with van der Waals surface area (Å²) in [6.07, 6.45) is 2.51. The molecule has 2 aromatic rings. The Morgan fingerprint density at radius 2 is 1.91 bits per heavy atom. The molecule has 0 bridgehead atoms. The summed E-state index contributed by atoms with van der Waals surface area (Å²) < 4.78 is 30.7. The maximum Gasteiger partial charge on any atom is 0.348 e. The average molecular weight is 490 g/mol. The van der Waals surface area contributed by atoms with E-state index >= 15 is 0 Å². The molecule has 0 spiro atoms. The lowest BCUT2D eigenvalue weighted by Crippen LogP contribution is -2.31. The second kappa shape index (κ2) is 9.12. The first-order chi connectivity index (χ1) is 15.7. The summed E-state index contributed by atoms with van der Waals surface area (Å²) in [5, 5.41) is 3.22. The van der Waals surface area contributed by atoms with Gasteiger partial charge in [-0.2, -0.15) is 0 Å². The number of sulfonamides is 1. The van der Waals surface area contributed by atoms with Gasteiger partial charge in [0.05, 0.1) is 18.1 Å². The number of hydrogen-bond donors (Lipinski definition) is 2. The summed E-state index contributed by atoms with van der Waals surface area (Å²) in [7, 11) is -3.45. The number of urea groups is 1. The molecule has 2 N–H and O–H groups in total. The predicted molar refractivity (Wildman–Crippen MR) is 124 cm³/mol. The Morgan fingerprint density at radius 1 is 1.15 bits per heavy atom. The second-order valence-corrected chi connectivity index (χ2v) is 9.61. The van der Waals surface area contributed by atoms with Crippen LogP contribution in [-0.4, -0.2) is 55.5 Å². The van der Waals surface area contributed by atoms with Crippen LogP contribution in [-0.2, 0) is 26.1 Å². The van der Waals surface area contributed by atoms with Gasteiger partial charge in [0.1, 0.15) is 0 Å². The second-order valence-electron chi connectivity index (χ2n) is 7.43. The molecule has 0 saturated carbocycles. The highest BCUT2D eigenvalue weighted by Crippen LogP contribution is 2.22. The van der Waals surface area contributed by atoms with Crippen molar-refractivity contribution in [3.63, 3.8) is 0 Å². The SMILES string of the molecule is CS(=O)(=O)Nc1cccc(NC(=O)C2=CN3CCN(Cc4cccc(Cl)c4)C(=O)N=C3O2)c1. The maximum absolute atomic E-state index is 12.6. The Morgan fingerprint density at radius 3 is 2.67 bits per heavy atom. The van der Waals surface area contributed by atoms with Gasteiger partial charge in [-0.1, -0.05) is 29.8 Å². The van der Waals surface area contributed by atoms with E-state index in [1.807, 2.05) is 12.1 Å². The van der Waals surface area contributed by atoms with E-state index in [0.717, 1.165) is 11.8 Å². The van der Waals surface area contributed by atoms with Crippen molar-refractivity contribution >= 4 is 51.0 Å². The van der Waals surface area contributed by atoms with Crippen molar-refractivity contribution in [1.82, 2.24) is 9.80 Å². The first-order valence-corrected chi connectivity index (χ1v) is 12.1. The lowest BCUT2D eigenvalue weighted by atomic mass is 10.2. The van der Waals surface area contributed by atoms with Crippen molar-refractivity contribution in [1.29, 1.82) is 0 Å². The normalized spacial score (nSPS) is 15.8. The fourth-order valence-corrected chi connectivity index (χ4v) is 4.05. The Balaban J connectivity index is 1.41. The highest BCUT2D eigenvalue weighted by molar-refractivity contribution is 7.92. The molecule has 0 aromatic heterocycles. The minimum Gasteiger partial charge on any atom is -0.418 e. The van der Waals surface area contributed by atoms with E-state index in [0.29, 0.717) is 36.0 Å². The van der Waals surface area contributed by atoms with E-state index in [-0.39, 0.29) is 11.8 Å². The van der Waals surface area contributed by atoms with Crippen LogP contribution in [0.1, 0.15) is 5.56 Å². The number of halogens is 1. The number of carbonyl (C=O) groups excluding carboxylic acids is 2. The average Bonchev–Trinajstić information content (AvgIpc) is 3.06. The van der Waals surface area contributed by atoms with E-state index in [4.69, 9.17) is 16.3 Å². The van der Waals surface area contributed by atoms with Gasteiger partial charge in [0, 0.05) is 30.3 Å². The van der Waals surface area contributed by atoms with E-state index in [2.05, 4.69) is 15.0 Å². The molecule has 2 heterocycles. The van der Waals surface area contributed by atoms with Crippen LogP contribution in [0.15, 0.2) is 65.5 Å². The molecule has 0 aliphatic carbocycles. The summed E-state index contributed by atoms with van der Waals surface area (Å²) in [4.78, 5) is 32.4. The number of benzene rings is 2. The van der Waals surface area contributed by atoms with Crippen molar-refractivity contribution in [3.05, 3.63) is 71.1 Å². The minimum atomic E-state index is -3.45. The Bertz CT molecular complexity index is 1280. The number of anilines is 2. The molecule has 0 fully saturated rings. The molecule has 2 aliphatic heterocycles. The van der Waals surface area contributed by atoms with Crippen LogP contribution in [0.5, 0.6) is 0 Å². The molecule has 172 valence electrons. The summed E-state index contributed by atoms with van der Waals surface area (Å²) in [5.74, 6) is -0.600. The third kappa shape index (κ3) is 5.82. The minimum absolute atomic E-state index is 0.0197. The number of nitrogens with one attached hydrogen (secondary N) is 2. The van der Waals surface area contributed by atoms with Gasteiger partial charge in [-0.25, -0.2) is 13.2 Å². The van der Waals surface area contributed by atoms with Crippen molar-refractivity contribution in [3.8, 4) is 0 Å². The quantitative estimate of drug-likeness (QED) is 0.643. The molecule has 12 heteroatoms. The van der Waals surface area contributed by atoms with Crippen LogP contribution in [0.3, 0.4) is 0 Å². The van der Waals surface area contributed by atoms with Crippen molar-refractivity contribution < 1.29 is 22.7 Å². The number of nitrogens with zero attached hydrogens (tertiary/aromatic N) is 3. The molecule has 2 aromatic carbocycles. The first kappa shape index (κ1) is 22.6. The van der Waals surface area contributed by atoms with E-state index < -0.39 is 22.0 Å². The van der Waals surface area contributed by atoms with Gasteiger partial charge in [-0.15, -0.1) is 4.99 Å². The highest BCUT2D eigenvalue weighted by atomic mass is 35.5. The molecule has 4 rings (SSSR count). The summed E-state index contributed by atoms with van der Waals surface area (Å²) in [5.41, 5.74) is 1.55. The number of fused-ring (bicyclic) bond motifs is 1. The van der Waals surface area contributed by atoms with E-state index in [9.17, 15) is 18.0 Å². The zero-order valence-electron chi connectivity index (χ0n) is 17.5. The fourth-order valence-electron chi connectivity index (χ4n) is 3.28. The molecule has 0 unspecified atom stereocenters. The fraction of sp³-hybridized carbons (Fsp3) is 0.190. The van der Waals surface area contributed by atoms with Crippen LogP contribution in [0.4, 0.5) is 16.2 Å². The Hall–Kier alpha value is -3.57. The van der Waals surface area contributed by atoms with Crippen LogP contribution < -0.4 is 10.0 Å². The zero-order valence-corrected chi connectivity index (χ0v) is 19.1. The molecular weight excluding hydrogens is 470 g/mol. The number of ether oxygens (including phenoxy) is 1. The zero-order chi connectivity index (χ0) is 23.6. The van der Waals surface area contributed by atoms with Crippen molar-refractivity contribution in [2.45, 2.75) is 6.54 Å². The summed E-state index contributed by atoms with van der Waals surface area (Å²) in [6, 6.07) is 13.0. The Kier molecular flexibility index (Phi) is 6.25. The van der Waals surface area contributed by atoms with Gasteiger partial charge in [-0.3, -0.25) is 14.4 Å². The number of aliphatic imine (C=N–C) groups is 1. The molecular formula is C21H20ClN5O5S. The van der Waals surface area contributed by atoms with Gasteiger partial charge in [0.2, 0.25) is 15.8 Å². The van der Waals surface area contributed by atoms with E-state index in [1.165, 1.54) is 12.3 Å². The number of amidine groups is 1.